The first kappa shape index (κ1) is 25.4. The van der Waals surface area contributed by atoms with Crippen molar-refractivity contribution in [1.29, 1.82) is 0 Å². The van der Waals surface area contributed by atoms with Gasteiger partial charge in [0.05, 0.1) is 13.1 Å². The van der Waals surface area contributed by atoms with Crippen LogP contribution in [0, 0.1) is 6.92 Å². The van der Waals surface area contributed by atoms with Gasteiger partial charge in [-0.3, -0.25) is 9.69 Å². The van der Waals surface area contributed by atoms with Crippen LogP contribution in [0.5, 0.6) is 0 Å². The SMILES string of the molecule is CCC(C)N(CC(=O)N(CCc1ccccc1)Cc1ccc(C)o1)Cc1ccc(Cl)cc1Cl. The van der Waals surface area contributed by atoms with E-state index in [4.69, 9.17) is 27.6 Å². The van der Waals surface area contributed by atoms with Crippen molar-refractivity contribution in [2.24, 2.45) is 0 Å². The molecular weight excluding hydrogens is 455 g/mol. The quantitative estimate of drug-likeness (QED) is 0.300. The van der Waals surface area contributed by atoms with Gasteiger partial charge in [0.25, 0.3) is 0 Å². The summed E-state index contributed by atoms with van der Waals surface area (Å²) in [4.78, 5) is 17.6. The third-order valence-electron chi connectivity index (χ3n) is 5.95. The number of halogens is 2. The lowest BCUT2D eigenvalue weighted by atomic mass is 10.1. The fourth-order valence-corrected chi connectivity index (χ4v) is 4.20. The molecule has 1 heterocycles. The van der Waals surface area contributed by atoms with Crippen LogP contribution in [0.1, 0.15) is 42.9 Å². The van der Waals surface area contributed by atoms with Gasteiger partial charge in [-0.05, 0) is 62.1 Å². The molecule has 33 heavy (non-hydrogen) atoms. The number of aryl methyl sites for hydroxylation is 1. The maximum Gasteiger partial charge on any atom is 0.237 e. The first-order chi connectivity index (χ1) is 15.9. The van der Waals surface area contributed by atoms with E-state index in [1.165, 1.54) is 5.56 Å². The number of furan rings is 1. The summed E-state index contributed by atoms with van der Waals surface area (Å²) in [5.74, 6) is 1.72. The predicted molar refractivity (Wildman–Crippen MR) is 136 cm³/mol. The highest BCUT2D eigenvalue weighted by atomic mass is 35.5. The molecule has 1 aromatic heterocycles. The Balaban J connectivity index is 1.75. The number of carbonyl (C=O) groups is 1. The van der Waals surface area contributed by atoms with Crippen molar-refractivity contribution in [2.75, 3.05) is 13.1 Å². The molecule has 3 aromatic rings. The highest BCUT2D eigenvalue weighted by molar-refractivity contribution is 6.35. The molecule has 1 amide bonds. The molecule has 0 saturated carbocycles. The van der Waals surface area contributed by atoms with E-state index in [1.54, 1.807) is 6.07 Å². The summed E-state index contributed by atoms with van der Waals surface area (Å²) in [6.07, 6.45) is 1.72. The third kappa shape index (κ3) is 7.63. The van der Waals surface area contributed by atoms with E-state index < -0.39 is 0 Å². The van der Waals surface area contributed by atoms with E-state index in [2.05, 4.69) is 30.9 Å². The van der Waals surface area contributed by atoms with Crippen molar-refractivity contribution >= 4 is 29.1 Å². The largest absolute Gasteiger partial charge is 0.464 e. The molecule has 0 N–H and O–H groups in total. The maximum atomic E-state index is 13.5. The molecule has 6 heteroatoms. The van der Waals surface area contributed by atoms with Crippen molar-refractivity contribution in [3.05, 3.63) is 93.4 Å². The maximum absolute atomic E-state index is 13.5. The molecular formula is C27H32Cl2N2O2. The van der Waals surface area contributed by atoms with Crippen LogP contribution >= 0.6 is 23.2 Å². The zero-order valence-electron chi connectivity index (χ0n) is 19.6. The summed E-state index contributed by atoms with van der Waals surface area (Å²) in [5, 5.41) is 1.23. The molecule has 3 rings (SSSR count). The standard InChI is InChI=1S/C27H32Cl2N2O2/c1-4-20(2)31(17-23-11-12-24(28)16-26(23)29)19-27(32)30(18-25-13-10-21(3)33-25)15-14-22-8-6-5-7-9-22/h5-13,16,20H,4,14-15,17-19H2,1-3H3. The van der Waals surface area contributed by atoms with Crippen LogP contribution in [0.15, 0.2) is 65.1 Å². The van der Waals surface area contributed by atoms with Crippen LogP contribution < -0.4 is 0 Å². The number of nitrogens with zero attached hydrogens (tertiary/aromatic N) is 2. The van der Waals surface area contributed by atoms with Gasteiger partial charge < -0.3 is 9.32 Å². The summed E-state index contributed by atoms with van der Waals surface area (Å²) in [7, 11) is 0. The van der Waals surface area contributed by atoms with E-state index in [0.29, 0.717) is 36.2 Å². The first-order valence-electron chi connectivity index (χ1n) is 11.4. The van der Waals surface area contributed by atoms with Gasteiger partial charge in [0.1, 0.15) is 11.5 Å². The fourth-order valence-electron chi connectivity index (χ4n) is 3.73. The number of benzene rings is 2. The van der Waals surface area contributed by atoms with Gasteiger partial charge in [-0.1, -0.05) is 66.5 Å². The van der Waals surface area contributed by atoms with Crippen LogP contribution in [0.2, 0.25) is 10.0 Å². The lowest BCUT2D eigenvalue weighted by molar-refractivity contribution is -0.134. The molecule has 0 aliphatic heterocycles. The molecule has 0 aliphatic rings. The third-order valence-corrected chi connectivity index (χ3v) is 6.54. The van der Waals surface area contributed by atoms with Crippen molar-refractivity contribution in [3.8, 4) is 0 Å². The Morgan fingerprint density at radius 3 is 2.42 bits per heavy atom. The predicted octanol–water partition coefficient (Wildman–Crippen LogP) is 6.77. The highest BCUT2D eigenvalue weighted by Gasteiger charge is 2.22. The van der Waals surface area contributed by atoms with Crippen molar-refractivity contribution in [1.82, 2.24) is 9.80 Å². The van der Waals surface area contributed by atoms with Crippen LogP contribution in [-0.2, 0) is 24.3 Å². The molecule has 176 valence electrons. The van der Waals surface area contributed by atoms with Crippen LogP contribution in [0.4, 0.5) is 0 Å². The van der Waals surface area contributed by atoms with Crippen LogP contribution in [0.25, 0.3) is 0 Å². The molecule has 0 aliphatic carbocycles. The lowest BCUT2D eigenvalue weighted by Crippen LogP contribution is -2.43. The van der Waals surface area contributed by atoms with Crippen LogP contribution in [0.3, 0.4) is 0 Å². The molecule has 0 spiro atoms. The molecule has 1 atom stereocenters. The lowest BCUT2D eigenvalue weighted by Gasteiger charge is -2.31. The second kappa shape index (κ2) is 12.3. The van der Waals surface area contributed by atoms with Gasteiger partial charge in [-0.25, -0.2) is 0 Å². The average Bonchev–Trinajstić information content (AvgIpc) is 3.22. The van der Waals surface area contributed by atoms with Crippen molar-refractivity contribution < 1.29 is 9.21 Å². The summed E-state index contributed by atoms with van der Waals surface area (Å²) in [6, 6.07) is 19.9. The van der Waals surface area contributed by atoms with Gasteiger partial charge >= 0.3 is 0 Å². The van der Waals surface area contributed by atoms with Crippen molar-refractivity contribution in [2.45, 2.75) is 52.7 Å². The smallest absolute Gasteiger partial charge is 0.237 e. The molecule has 0 fully saturated rings. The van der Waals surface area contributed by atoms with Gasteiger partial charge in [0, 0.05) is 29.2 Å². The number of carbonyl (C=O) groups excluding carboxylic acids is 1. The Hall–Kier alpha value is -2.27. The van der Waals surface area contributed by atoms with Gasteiger partial charge in [0.15, 0.2) is 0 Å². The van der Waals surface area contributed by atoms with E-state index in [9.17, 15) is 4.79 Å². The number of hydrogen-bond donors (Lipinski definition) is 0. The summed E-state index contributed by atoms with van der Waals surface area (Å²) in [5.41, 5.74) is 2.17. The Bertz CT molecular complexity index is 1040. The van der Waals surface area contributed by atoms with Crippen LogP contribution in [-0.4, -0.2) is 34.8 Å². The fraction of sp³-hybridized carbons (Fsp3) is 0.370. The second-order valence-electron chi connectivity index (χ2n) is 8.46. The molecule has 1 unspecified atom stereocenters. The minimum atomic E-state index is 0.0744. The minimum Gasteiger partial charge on any atom is -0.464 e. The number of amides is 1. The monoisotopic (exact) mass is 486 g/mol. The van der Waals surface area contributed by atoms with Crippen molar-refractivity contribution in [3.63, 3.8) is 0 Å². The minimum absolute atomic E-state index is 0.0744. The summed E-state index contributed by atoms with van der Waals surface area (Å²) < 4.78 is 5.77. The second-order valence-corrected chi connectivity index (χ2v) is 9.30. The Labute approximate surface area is 207 Å². The normalized spacial score (nSPS) is 12.2. The Morgan fingerprint density at radius 2 is 1.79 bits per heavy atom. The van der Waals surface area contributed by atoms with E-state index >= 15 is 0 Å². The van der Waals surface area contributed by atoms with Gasteiger partial charge in [-0.2, -0.15) is 0 Å². The zero-order valence-corrected chi connectivity index (χ0v) is 21.1. The number of hydrogen-bond acceptors (Lipinski definition) is 3. The Morgan fingerprint density at radius 1 is 1.03 bits per heavy atom. The van der Waals surface area contributed by atoms with E-state index in [-0.39, 0.29) is 11.9 Å². The topological polar surface area (TPSA) is 36.7 Å². The Kier molecular flexibility index (Phi) is 9.42. The van der Waals surface area contributed by atoms with Gasteiger partial charge in [-0.15, -0.1) is 0 Å². The van der Waals surface area contributed by atoms with Gasteiger partial charge in [0.2, 0.25) is 5.91 Å². The molecule has 0 bridgehead atoms. The zero-order chi connectivity index (χ0) is 23.8. The molecule has 4 nitrogen and oxygen atoms in total. The summed E-state index contributed by atoms with van der Waals surface area (Å²) in [6.45, 7) is 8.16. The summed E-state index contributed by atoms with van der Waals surface area (Å²) >= 11 is 12.5. The highest BCUT2D eigenvalue weighted by Crippen LogP contribution is 2.23. The molecule has 2 aromatic carbocycles. The van der Waals surface area contributed by atoms with E-state index in [0.717, 1.165) is 29.9 Å². The first-order valence-corrected chi connectivity index (χ1v) is 12.2. The van der Waals surface area contributed by atoms with E-state index in [1.807, 2.05) is 54.3 Å². The molecule has 0 radical (unpaired) electrons. The number of rotatable bonds is 11. The molecule has 0 saturated heterocycles. The average molecular weight is 487 g/mol.